The zero-order chi connectivity index (χ0) is 20.4. The fraction of sp³-hybridized carbons (Fsp3) is 0.565. The van der Waals surface area contributed by atoms with Crippen LogP contribution in [0.15, 0.2) is 23.2 Å². The number of hydrogen-bond acceptors (Lipinski definition) is 5. The van der Waals surface area contributed by atoms with Gasteiger partial charge in [-0.2, -0.15) is 0 Å². The van der Waals surface area contributed by atoms with Gasteiger partial charge in [0.15, 0.2) is 0 Å². The van der Waals surface area contributed by atoms with Crippen LogP contribution in [0.25, 0.3) is 10.9 Å². The third kappa shape index (κ3) is 4.32. The van der Waals surface area contributed by atoms with Gasteiger partial charge in [-0.05, 0) is 75.7 Å². The first-order valence-electron chi connectivity index (χ1n) is 10.9. The number of carbonyl (C=O) groups is 1. The van der Waals surface area contributed by atoms with Gasteiger partial charge in [0.25, 0.3) is 0 Å². The lowest BCUT2D eigenvalue weighted by Crippen LogP contribution is -2.35. The largest absolute Gasteiger partial charge is 0.494 e. The Morgan fingerprint density at radius 1 is 1.21 bits per heavy atom. The molecule has 29 heavy (non-hydrogen) atoms. The molecule has 6 nitrogen and oxygen atoms in total. The van der Waals surface area contributed by atoms with Gasteiger partial charge in [0.05, 0.1) is 11.1 Å². The van der Waals surface area contributed by atoms with Crippen LogP contribution in [0.1, 0.15) is 62.2 Å². The Morgan fingerprint density at radius 3 is 2.62 bits per heavy atom. The van der Waals surface area contributed by atoms with Crippen LogP contribution < -0.4 is 5.73 Å². The SMILES string of the molecule is CC(=O)n1c(O)c(C=NC2CCC(CN3CCCCC3)CC2)c2cc(N)ccc21. The van der Waals surface area contributed by atoms with Crippen molar-refractivity contribution in [1.82, 2.24) is 9.47 Å². The first-order valence-corrected chi connectivity index (χ1v) is 10.9. The molecule has 2 fully saturated rings. The van der Waals surface area contributed by atoms with Gasteiger partial charge in [-0.25, -0.2) is 0 Å². The Kier molecular flexibility index (Phi) is 5.90. The highest BCUT2D eigenvalue weighted by Gasteiger charge is 2.24. The van der Waals surface area contributed by atoms with Crippen molar-refractivity contribution in [2.45, 2.75) is 57.9 Å². The van der Waals surface area contributed by atoms with Gasteiger partial charge in [0.2, 0.25) is 11.8 Å². The van der Waals surface area contributed by atoms with Gasteiger partial charge in [0, 0.05) is 36.8 Å². The second-order valence-electron chi connectivity index (χ2n) is 8.68. The summed E-state index contributed by atoms with van der Waals surface area (Å²) >= 11 is 0. The number of anilines is 1. The van der Waals surface area contributed by atoms with E-state index in [1.54, 1.807) is 24.4 Å². The second-order valence-corrected chi connectivity index (χ2v) is 8.68. The Bertz CT molecular complexity index is 903. The van der Waals surface area contributed by atoms with Gasteiger partial charge in [-0.15, -0.1) is 0 Å². The van der Waals surface area contributed by atoms with E-state index in [1.807, 2.05) is 0 Å². The number of nitrogens with two attached hydrogens (primary N) is 1. The minimum Gasteiger partial charge on any atom is -0.494 e. The standard InChI is InChI=1S/C23H32N4O2/c1-16(28)27-22-10-7-18(24)13-20(22)21(23(27)29)14-25-19-8-5-17(6-9-19)15-26-11-3-2-4-12-26/h7,10,13-14,17,19,29H,2-6,8-9,11-12,15,24H2,1H3. The molecular formula is C23H32N4O2. The number of nitrogen functional groups attached to an aromatic ring is 1. The molecule has 2 aliphatic rings. The zero-order valence-electron chi connectivity index (χ0n) is 17.3. The summed E-state index contributed by atoms with van der Waals surface area (Å²) in [7, 11) is 0. The molecule has 0 bridgehead atoms. The fourth-order valence-electron chi connectivity index (χ4n) is 4.93. The van der Waals surface area contributed by atoms with Crippen molar-refractivity contribution in [2.75, 3.05) is 25.4 Å². The minimum absolute atomic E-state index is 0.0550. The van der Waals surface area contributed by atoms with E-state index in [0.29, 0.717) is 16.8 Å². The van der Waals surface area contributed by atoms with Crippen molar-refractivity contribution < 1.29 is 9.90 Å². The highest BCUT2D eigenvalue weighted by molar-refractivity contribution is 6.07. The van der Waals surface area contributed by atoms with Crippen molar-refractivity contribution >= 4 is 28.7 Å². The predicted octanol–water partition coefficient (Wildman–Crippen LogP) is 4.05. The maximum Gasteiger partial charge on any atom is 0.230 e. The number of rotatable bonds is 4. The molecule has 1 saturated carbocycles. The molecule has 0 radical (unpaired) electrons. The number of nitrogens with zero attached hydrogens (tertiary/aromatic N) is 3. The Hall–Kier alpha value is -2.34. The summed E-state index contributed by atoms with van der Waals surface area (Å²) in [6.07, 6.45) is 10.4. The van der Waals surface area contributed by atoms with Crippen molar-refractivity contribution in [1.29, 1.82) is 0 Å². The molecule has 6 heteroatoms. The quantitative estimate of drug-likeness (QED) is 0.603. The lowest BCUT2D eigenvalue weighted by Gasteiger charge is -2.33. The lowest BCUT2D eigenvalue weighted by molar-refractivity contribution is 0.0933. The lowest BCUT2D eigenvalue weighted by atomic mass is 9.85. The van der Waals surface area contributed by atoms with Crippen molar-refractivity contribution in [3.63, 3.8) is 0 Å². The van der Waals surface area contributed by atoms with E-state index in [4.69, 9.17) is 10.7 Å². The van der Waals surface area contributed by atoms with Gasteiger partial charge in [-0.3, -0.25) is 14.4 Å². The number of benzene rings is 1. The molecule has 0 spiro atoms. The molecule has 1 aliphatic heterocycles. The molecule has 1 aromatic carbocycles. The van der Waals surface area contributed by atoms with Gasteiger partial charge >= 0.3 is 0 Å². The summed E-state index contributed by atoms with van der Waals surface area (Å²) in [6, 6.07) is 5.59. The Balaban J connectivity index is 1.44. The van der Waals surface area contributed by atoms with E-state index in [1.165, 1.54) is 63.2 Å². The molecule has 1 aromatic heterocycles. The third-order valence-corrected chi connectivity index (χ3v) is 6.52. The summed E-state index contributed by atoms with van der Waals surface area (Å²) in [6.45, 7) is 5.21. The van der Waals surface area contributed by atoms with E-state index < -0.39 is 0 Å². The number of likely N-dealkylation sites (tertiary alicyclic amines) is 1. The number of piperidine rings is 1. The highest BCUT2D eigenvalue weighted by Crippen LogP contribution is 2.32. The molecule has 0 unspecified atom stereocenters. The highest BCUT2D eigenvalue weighted by atomic mass is 16.3. The van der Waals surface area contributed by atoms with Crippen LogP contribution in [0.3, 0.4) is 0 Å². The number of hydrogen-bond donors (Lipinski definition) is 2. The maximum atomic E-state index is 12.0. The summed E-state index contributed by atoms with van der Waals surface area (Å²) in [5.41, 5.74) is 7.78. The van der Waals surface area contributed by atoms with Crippen LogP contribution in [0.5, 0.6) is 5.88 Å². The molecule has 0 atom stereocenters. The van der Waals surface area contributed by atoms with E-state index in [9.17, 15) is 9.90 Å². The first kappa shape index (κ1) is 20.0. The van der Waals surface area contributed by atoms with Crippen LogP contribution in [-0.2, 0) is 0 Å². The normalized spacial score (nSPS) is 23.8. The van der Waals surface area contributed by atoms with Gasteiger partial charge < -0.3 is 15.7 Å². The van der Waals surface area contributed by atoms with Gasteiger partial charge in [-0.1, -0.05) is 6.42 Å². The molecule has 3 N–H and O–H groups in total. The number of aromatic hydroxyl groups is 1. The number of fused-ring (bicyclic) bond motifs is 1. The predicted molar refractivity (Wildman–Crippen MR) is 118 cm³/mol. The third-order valence-electron chi connectivity index (χ3n) is 6.52. The average Bonchev–Trinajstić information content (AvgIpc) is 2.99. The minimum atomic E-state index is -0.227. The van der Waals surface area contributed by atoms with Gasteiger partial charge in [0.1, 0.15) is 0 Å². The second kappa shape index (κ2) is 8.57. The number of aliphatic imine (C=N–C) groups is 1. The average molecular weight is 397 g/mol. The van der Waals surface area contributed by atoms with E-state index >= 15 is 0 Å². The van der Waals surface area contributed by atoms with Crippen LogP contribution in [0.2, 0.25) is 0 Å². The maximum absolute atomic E-state index is 12.0. The number of aromatic nitrogens is 1. The van der Waals surface area contributed by atoms with Crippen LogP contribution >= 0.6 is 0 Å². The number of carbonyl (C=O) groups excluding carboxylic acids is 1. The summed E-state index contributed by atoms with van der Waals surface area (Å²) < 4.78 is 1.33. The molecule has 4 rings (SSSR count). The van der Waals surface area contributed by atoms with Crippen LogP contribution in [0, 0.1) is 5.92 Å². The van der Waals surface area contributed by atoms with E-state index in [2.05, 4.69) is 4.90 Å². The molecule has 0 amide bonds. The van der Waals surface area contributed by atoms with Crippen LogP contribution in [0.4, 0.5) is 5.69 Å². The summed E-state index contributed by atoms with van der Waals surface area (Å²) in [5, 5.41) is 11.4. The van der Waals surface area contributed by atoms with E-state index in [0.717, 1.165) is 24.1 Å². The van der Waals surface area contributed by atoms with Crippen molar-refractivity contribution in [3.8, 4) is 5.88 Å². The summed E-state index contributed by atoms with van der Waals surface area (Å²) in [4.78, 5) is 19.4. The topological polar surface area (TPSA) is 83.9 Å². The molecular weight excluding hydrogens is 364 g/mol. The monoisotopic (exact) mass is 396 g/mol. The molecule has 2 aromatic rings. The van der Waals surface area contributed by atoms with E-state index in [-0.39, 0.29) is 17.8 Å². The van der Waals surface area contributed by atoms with Crippen molar-refractivity contribution in [3.05, 3.63) is 23.8 Å². The first-order chi connectivity index (χ1) is 14.0. The van der Waals surface area contributed by atoms with Crippen molar-refractivity contribution in [2.24, 2.45) is 10.9 Å². The zero-order valence-corrected chi connectivity index (χ0v) is 17.3. The molecule has 156 valence electrons. The fourth-order valence-corrected chi connectivity index (χ4v) is 4.93. The summed E-state index contributed by atoms with van der Waals surface area (Å²) in [5.74, 6) is 0.503. The Morgan fingerprint density at radius 2 is 1.93 bits per heavy atom. The molecule has 1 aliphatic carbocycles. The van der Waals surface area contributed by atoms with Crippen LogP contribution in [-0.4, -0.2) is 52.4 Å². The Labute approximate surface area is 172 Å². The molecule has 1 saturated heterocycles. The molecule has 2 heterocycles. The smallest absolute Gasteiger partial charge is 0.230 e.